The van der Waals surface area contributed by atoms with Gasteiger partial charge in [0.25, 0.3) is 5.88 Å². The third kappa shape index (κ3) is 3.66. The van der Waals surface area contributed by atoms with Gasteiger partial charge in [-0.05, 0) is 23.6 Å². The maximum absolute atomic E-state index is 14.1. The van der Waals surface area contributed by atoms with Crippen molar-refractivity contribution in [1.82, 2.24) is 4.98 Å². The van der Waals surface area contributed by atoms with E-state index < -0.39 is 11.8 Å². The molecule has 0 saturated heterocycles. The number of amides is 1. The molecule has 0 aliphatic heterocycles. The lowest BCUT2D eigenvalue weighted by molar-refractivity contribution is -0.115. The van der Waals surface area contributed by atoms with Gasteiger partial charge in [0.1, 0.15) is 5.56 Å². The van der Waals surface area contributed by atoms with Crippen LogP contribution in [0.15, 0.2) is 30.3 Å². The van der Waals surface area contributed by atoms with Crippen molar-refractivity contribution in [2.24, 2.45) is 0 Å². The van der Waals surface area contributed by atoms with Gasteiger partial charge in [0.2, 0.25) is 5.91 Å². The molecule has 0 saturated carbocycles. The Kier molecular flexibility index (Phi) is 5.92. The minimum atomic E-state index is -0.822. The van der Waals surface area contributed by atoms with E-state index >= 15 is 0 Å². The summed E-state index contributed by atoms with van der Waals surface area (Å²) < 4.78 is 23.7. The zero-order valence-electron chi connectivity index (χ0n) is 15.4. The molecule has 0 aliphatic rings. The molecule has 0 fully saturated rings. The van der Waals surface area contributed by atoms with Gasteiger partial charge in [-0.15, -0.1) is 0 Å². The zero-order valence-corrected chi connectivity index (χ0v) is 15.4. The summed E-state index contributed by atoms with van der Waals surface area (Å²) in [6.45, 7) is 5.31. The van der Waals surface area contributed by atoms with Crippen LogP contribution in [0.1, 0.15) is 42.6 Å². The van der Waals surface area contributed by atoms with Crippen LogP contribution < -0.4 is 9.64 Å². The van der Waals surface area contributed by atoms with Crippen LogP contribution in [0, 0.1) is 5.82 Å². The van der Waals surface area contributed by atoms with Crippen LogP contribution in [-0.4, -0.2) is 31.1 Å². The first-order valence-corrected chi connectivity index (χ1v) is 8.04. The molecule has 1 heterocycles. The second-order valence-electron chi connectivity index (χ2n) is 5.91. The van der Waals surface area contributed by atoms with Crippen molar-refractivity contribution >= 4 is 23.4 Å². The summed E-state index contributed by atoms with van der Waals surface area (Å²) >= 11 is 0. The second kappa shape index (κ2) is 7.95. The zero-order chi connectivity index (χ0) is 19.4. The van der Waals surface area contributed by atoms with Gasteiger partial charge >= 0.3 is 5.97 Å². The molecule has 2 aromatic rings. The van der Waals surface area contributed by atoms with E-state index in [1.807, 2.05) is 26.0 Å². The van der Waals surface area contributed by atoms with Gasteiger partial charge in [-0.2, -0.15) is 4.98 Å². The van der Waals surface area contributed by atoms with Crippen LogP contribution in [0.2, 0.25) is 0 Å². The summed E-state index contributed by atoms with van der Waals surface area (Å²) in [6.07, 6.45) is 0. The number of para-hydroxylation sites is 1. The van der Waals surface area contributed by atoms with Crippen molar-refractivity contribution in [3.05, 3.63) is 47.3 Å². The van der Waals surface area contributed by atoms with Crippen molar-refractivity contribution in [1.29, 1.82) is 0 Å². The molecule has 0 aliphatic carbocycles. The van der Waals surface area contributed by atoms with Crippen LogP contribution in [0.4, 0.5) is 15.9 Å². The Morgan fingerprint density at radius 1 is 1.19 bits per heavy atom. The maximum atomic E-state index is 14.1. The van der Waals surface area contributed by atoms with Gasteiger partial charge < -0.3 is 9.47 Å². The number of carbonyl (C=O) groups is 2. The Morgan fingerprint density at radius 2 is 1.85 bits per heavy atom. The SMILES string of the molecule is COC(=O)c1cc(F)c(OC)nc1N(C(C)=O)c1ccccc1C(C)C. The molecule has 138 valence electrons. The molecule has 0 spiro atoms. The number of ether oxygens (including phenoxy) is 2. The fourth-order valence-corrected chi connectivity index (χ4v) is 2.65. The first kappa shape index (κ1) is 19.4. The minimum absolute atomic E-state index is 0.0456. The Morgan fingerprint density at radius 3 is 2.38 bits per heavy atom. The van der Waals surface area contributed by atoms with E-state index in [1.54, 1.807) is 12.1 Å². The topological polar surface area (TPSA) is 68.7 Å². The quantitative estimate of drug-likeness (QED) is 0.758. The van der Waals surface area contributed by atoms with Gasteiger partial charge in [-0.1, -0.05) is 32.0 Å². The lowest BCUT2D eigenvalue weighted by atomic mass is 10.00. The number of nitrogens with zero attached hydrogens (tertiary/aromatic N) is 2. The van der Waals surface area contributed by atoms with Crippen molar-refractivity contribution in [3.63, 3.8) is 0 Å². The van der Waals surface area contributed by atoms with Crippen LogP contribution >= 0.6 is 0 Å². The van der Waals surface area contributed by atoms with E-state index in [0.717, 1.165) is 11.6 Å². The highest BCUT2D eigenvalue weighted by Gasteiger charge is 2.28. The van der Waals surface area contributed by atoms with Crippen LogP contribution in [-0.2, 0) is 9.53 Å². The number of methoxy groups -OCH3 is 2. The summed E-state index contributed by atoms with van der Waals surface area (Å²) in [5.74, 6) is -2.27. The van der Waals surface area contributed by atoms with Gasteiger partial charge in [0.15, 0.2) is 11.6 Å². The minimum Gasteiger partial charge on any atom is -0.479 e. The first-order valence-electron chi connectivity index (χ1n) is 8.04. The molecule has 6 nitrogen and oxygen atoms in total. The molecular weight excluding hydrogens is 339 g/mol. The van der Waals surface area contributed by atoms with Crippen LogP contribution in [0.25, 0.3) is 0 Å². The lowest BCUT2D eigenvalue weighted by Crippen LogP contribution is -2.28. The first-order chi connectivity index (χ1) is 12.3. The predicted octanol–water partition coefficient (Wildman–Crippen LogP) is 3.82. The third-order valence-electron chi connectivity index (χ3n) is 3.85. The fraction of sp³-hybridized carbons (Fsp3) is 0.316. The van der Waals surface area contributed by atoms with Gasteiger partial charge in [0, 0.05) is 6.92 Å². The summed E-state index contributed by atoms with van der Waals surface area (Å²) in [5, 5.41) is 0. The van der Waals surface area contributed by atoms with Crippen molar-refractivity contribution < 1.29 is 23.5 Å². The standard InChI is InChI=1S/C19H21FN2O4/c1-11(2)13-8-6-7-9-16(13)22(12(3)23)17-14(19(24)26-5)10-15(20)18(21-17)25-4/h6-11H,1-5H3. The summed E-state index contributed by atoms with van der Waals surface area (Å²) in [5.41, 5.74) is 1.27. The number of rotatable bonds is 5. The van der Waals surface area contributed by atoms with E-state index in [1.165, 1.54) is 26.0 Å². The summed E-state index contributed by atoms with van der Waals surface area (Å²) in [4.78, 5) is 30.0. The number of benzene rings is 1. The van der Waals surface area contributed by atoms with Crippen molar-refractivity contribution in [2.45, 2.75) is 26.7 Å². The van der Waals surface area contributed by atoms with Gasteiger partial charge in [-0.25, -0.2) is 9.18 Å². The number of anilines is 2. The van der Waals surface area contributed by atoms with Gasteiger partial charge in [0.05, 0.1) is 19.9 Å². The number of esters is 1. The van der Waals surface area contributed by atoms with E-state index in [0.29, 0.717) is 5.69 Å². The lowest BCUT2D eigenvalue weighted by Gasteiger charge is -2.26. The number of pyridine rings is 1. The number of halogens is 1. The van der Waals surface area contributed by atoms with Crippen molar-refractivity contribution in [2.75, 3.05) is 19.1 Å². The molecule has 2 rings (SSSR count). The molecule has 0 radical (unpaired) electrons. The molecule has 0 bridgehead atoms. The van der Waals surface area contributed by atoms with Crippen LogP contribution in [0.5, 0.6) is 5.88 Å². The number of carbonyl (C=O) groups excluding carboxylic acids is 2. The molecule has 7 heteroatoms. The average Bonchev–Trinajstić information content (AvgIpc) is 2.62. The Balaban J connectivity index is 2.80. The fourth-order valence-electron chi connectivity index (χ4n) is 2.65. The van der Waals surface area contributed by atoms with Crippen LogP contribution in [0.3, 0.4) is 0 Å². The Bertz CT molecular complexity index is 836. The highest BCUT2D eigenvalue weighted by molar-refractivity contribution is 6.05. The number of aromatic nitrogens is 1. The van der Waals surface area contributed by atoms with E-state index in [9.17, 15) is 14.0 Å². The number of hydrogen-bond acceptors (Lipinski definition) is 5. The van der Waals surface area contributed by atoms with Crippen molar-refractivity contribution in [3.8, 4) is 5.88 Å². The molecule has 1 aromatic heterocycles. The Labute approximate surface area is 151 Å². The molecular formula is C19H21FN2O4. The predicted molar refractivity (Wildman–Crippen MR) is 95.4 cm³/mol. The average molecular weight is 360 g/mol. The highest BCUT2D eigenvalue weighted by Crippen LogP contribution is 2.35. The third-order valence-corrected chi connectivity index (χ3v) is 3.85. The smallest absolute Gasteiger partial charge is 0.341 e. The Hall–Kier alpha value is -2.96. The summed E-state index contributed by atoms with van der Waals surface area (Å²) in [7, 11) is 2.43. The monoisotopic (exact) mass is 360 g/mol. The van der Waals surface area contributed by atoms with E-state index in [4.69, 9.17) is 9.47 Å². The second-order valence-corrected chi connectivity index (χ2v) is 5.91. The van der Waals surface area contributed by atoms with E-state index in [2.05, 4.69) is 4.98 Å². The molecule has 1 aromatic carbocycles. The highest BCUT2D eigenvalue weighted by atomic mass is 19.1. The molecule has 1 amide bonds. The molecule has 0 atom stereocenters. The summed E-state index contributed by atoms with van der Waals surface area (Å²) in [6, 6.07) is 8.22. The van der Waals surface area contributed by atoms with E-state index in [-0.39, 0.29) is 29.1 Å². The largest absolute Gasteiger partial charge is 0.479 e. The molecule has 0 unspecified atom stereocenters. The maximum Gasteiger partial charge on any atom is 0.341 e. The normalized spacial score (nSPS) is 10.6. The molecule has 0 N–H and O–H groups in total. The molecule has 26 heavy (non-hydrogen) atoms. The van der Waals surface area contributed by atoms with Gasteiger partial charge in [-0.3, -0.25) is 9.69 Å². The number of hydrogen-bond donors (Lipinski definition) is 0.